The van der Waals surface area contributed by atoms with Crippen molar-refractivity contribution < 1.29 is 4.79 Å². The monoisotopic (exact) mass is 365 g/mol. The number of fused-ring (bicyclic) bond motifs is 1. The normalized spacial score (nSPS) is 11.0. The summed E-state index contributed by atoms with van der Waals surface area (Å²) in [7, 11) is 0. The molecule has 4 nitrogen and oxygen atoms in total. The molecule has 1 N–H and O–H groups in total. The second-order valence-corrected chi connectivity index (χ2v) is 6.55. The zero-order chi connectivity index (χ0) is 19.3. The third kappa shape index (κ3) is 3.81. The van der Waals surface area contributed by atoms with Crippen molar-refractivity contribution in [2.75, 3.05) is 0 Å². The van der Waals surface area contributed by atoms with Gasteiger partial charge in [0.1, 0.15) is 0 Å². The van der Waals surface area contributed by atoms with Crippen LogP contribution in [0.2, 0.25) is 0 Å². The largest absolute Gasteiger partial charge is 0.272 e. The first-order chi connectivity index (χ1) is 13.7. The Hall–Kier alpha value is -3.79. The van der Waals surface area contributed by atoms with Crippen molar-refractivity contribution >= 4 is 23.0 Å². The van der Waals surface area contributed by atoms with Crippen LogP contribution in [0.1, 0.15) is 21.5 Å². The number of hydrogen-bond acceptors (Lipinski definition) is 3. The number of carbonyl (C=O) groups is 1. The Kier molecular flexibility index (Phi) is 4.93. The maximum Gasteiger partial charge on any atom is 0.272 e. The highest BCUT2D eigenvalue weighted by molar-refractivity contribution is 6.07. The number of pyridine rings is 1. The van der Waals surface area contributed by atoms with Crippen LogP contribution >= 0.6 is 0 Å². The molecule has 0 unspecified atom stereocenters. The molecule has 4 rings (SSSR count). The second-order valence-electron chi connectivity index (χ2n) is 6.55. The molecule has 1 aromatic heterocycles. The van der Waals surface area contributed by atoms with E-state index in [0.717, 1.165) is 27.7 Å². The molecular formula is C24H19N3O. The first-order valence-electron chi connectivity index (χ1n) is 9.06. The Labute approximate surface area is 163 Å². The fourth-order valence-corrected chi connectivity index (χ4v) is 3.00. The van der Waals surface area contributed by atoms with Crippen molar-refractivity contribution in [3.05, 3.63) is 102 Å². The standard InChI is InChI=1S/C24H19N3O/c1-17-11-13-19(14-12-17)23-15-21(20-9-5-6-10-22(20)26-23)24(28)27-25-16-18-7-3-2-4-8-18/h2-16H,1H3,(H,27,28)/b25-16-. The number of aromatic nitrogens is 1. The van der Waals surface area contributed by atoms with Crippen LogP contribution in [0.25, 0.3) is 22.2 Å². The number of hydrogen-bond donors (Lipinski definition) is 1. The second kappa shape index (κ2) is 7.84. The molecule has 136 valence electrons. The number of nitrogens with one attached hydrogen (secondary N) is 1. The highest BCUT2D eigenvalue weighted by atomic mass is 16.2. The number of rotatable bonds is 4. The maximum atomic E-state index is 12.8. The zero-order valence-electron chi connectivity index (χ0n) is 15.5. The van der Waals surface area contributed by atoms with Gasteiger partial charge in [0.25, 0.3) is 5.91 Å². The topological polar surface area (TPSA) is 54.4 Å². The molecule has 0 fully saturated rings. The van der Waals surface area contributed by atoms with Gasteiger partial charge < -0.3 is 0 Å². The molecule has 0 saturated carbocycles. The Morgan fingerprint density at radius 1 is 0.929 bits per heavy atom. The van der Waals surface area contributed by atoms with E-state index in [0.29, 0.717) is 5.56 Å². The molecule has 4 heteroatoms. The highest BCUT2D eigenvalue weighted by Gasteiger charge is 2.13. The lowest BCUT2D eigenvalue weighted by molar-refractivity contribution is 0.0956. The van der Waals surface area contributed by atoms with E-state index in [2.05, 4.69) is 10.5 Å². The van der Waals surface area contributed by atoms with Gasteiger partial charge in [-0.05, 0) is 24.6 Å². The van der Waals surface area contributed by atoms with Crippen LogP contribution in [0.3, 0.4) is 0 Å². The number of amides is 1. The van der Waals surface area contributed by atoms with Gasteiger partial charge in [-0.1, -0.05) is 78.4 Å². The van der Waals surface area contributed by atoms with E-state index < -0.39 is 0 Å². The Bertz CT molecular complexity index is 1150. The maximum absolute atomic E-state index is 12.8. The fourth-order valence-electron chi connectivity index (χ4n) is 3.00. The smallest absolute Gasteiger partial charge is 0.267 e. The van der Waals surface area contributed by atoms with E-state index in [1.807, 2.05) is 91.9 Å². The van der Waals surface area contributed by atoms with Crippen LogP contribution in [0.5, 0.6) is 0 Å². The van der Waals surface area contributed by atoms with E-state index in [4.69, 9.17) is 4.98 Å². The predicted octanol–water partition coefficient (Wildman–Crippen LogP) is 4.97. The molecule has 0 atom stereocenters. The van der Waals surface area contributed by atoms with Crippen molar-refractivity contribution in [3.63, 3.8) is 0 Å². The minimum atomic E-state index is -0.265. The van der Waals surface area contributed by atoms with E-state index in [1.165, 1.54) is 5.56 Å². The van der Waals surface area contributed by atoms with Crippen LogP contribution in [0.15, 0.2) is 90.0 Å². The minimum absolute atomic E-state index is 0.265. The van der Waals surface area contributed by atoms with Crippen LogP contribution in [-0.4, -0.2) is 17.1 Å². The highest BCUT2D eigenvalue weighted by Crippen LogP contribution is 2.25. The van der Waals surface area contributed by atoms with Crippen molar-refractivity contribution in [2.24, 2.45) is 5.10 Å². The van der Waals surface area contributed by atoms with Crippen LogP contribution in [0, 0.1) is 6.92 Å². The van der Waals surface area contributed by atoms with Crippen LogP contribution in [0.4, 0.5) is 0 Å². The summed E-state index contributed by atoms with van der Waals surface area (Å²) in [5, 5.41) is 4.89. The lowest BCUT2D eigenvalue weighted by Gasteiger charge is -2.09. The third-order valence-corrected chi connectivity index (χ3v) is 4.49. The van der Waals surface area contributed by atoms with Gasteiger partial charge in [0.15, 0.2) is 0 Å². The minimum Gasteiger partial charge on any atom is -0.267 e. The summed E-state index contributed by atoms with van der Waals surface area (Å²) in [5.74, 6) is -0.265. The van der Waals surface area contributed by atoms with Gasteiger partial charge in [-0.2, -0.15) is 5.10 Å². The van der Waals surface area contributed by atoms with Gasteiger partial charge in [0, 0.05) is 10.9 Å². The molecule has 3 aromatic carbocycles. The fraction of sp³-hybridized carbons (Fsp3) is 0.0417. The number of aryl methyl sites for hydroxylation is 1. The number of carbonyl (C=O) groups excluding carboxylic acids is 1. The molecule has 4 aromatic rings. The predicted molar refractivity (Wildman–Crippen MR) is 113 cm³/mol. The summed E-state index contributed by atoms with van der Waals surface area (Å²) < 4.78 is 0. The lowest BCUT2D eigenvalue weighted by Crippen LogP contribution is -2.18. The summed E-state index contributed by atoms with van der Waals surface area (Å²) >= 11 is 0. The zero-order valence-corrected chi connectivity index (χ0v) is 15.5. The molecule has 0 radical (unpaired) electrons. The van der Waals surface area contributed by atoms with Gasteiger partial charge in [-0.15, -0.1) is 0 Å². The first-order valence-corrected chi connectivity index (χ1v) is 9.06. The summed E-state index contributed by atoms with van der Waals surface area (Å²) in [6.45, 7) is 2.04. The van der Waals surface area contributed by atoms with E-state index in [-0.39, 0.29) is 5.91 Å². The Morgan fingerprint density at radius 2 is 1.64 bits per heavy atom. The Morgan fingerprint density at radius 3 is 2.43 bits per heavy atom. The number of benzene rings is 3. The summed E-state index contributed by atoms with van der Waals surface area (Å²) in [4.78, 5) is 17.6. The summed E-state index contributed by atoms with van der Waals surface area (Å²) in [6.07, 6.45) is 1.63. The third-order valence-electron chi connectivity index (χ3n) is 4.49. The summed E-state index contributed by atoms with van der Waals surface area (Å²) in [6, 6.07) is 27.2. The van der Waals surface area contributed by atoms with Crippen molar-refractivity contribution in [2.45, 2.75) is 6.92 Å². The molecule has 1 heterocycles. The van der Waals surface area contributed by atoms with E-state index >= 15 is 0 Å². The number of nitrogens with zero attached hydrogens (tertiary/aromatic N) is 2. The molecule has 0 saturated heterocycles. The van der Waals surface area contributed by atoms with Crippen LogP contribution < -0.4 is 5.43 Å². The van der Waals surface area contributed by atoms with Gasteiger partial charge in [-0.3, -0.25) is 4.79 Å². The van der Waals surface area contributed by atoms with Gasteiger partial charge in [0.05, 0.1) is 23.0 Å². The molecule has 28 heavy (non-hydrogen) atoms. The van der Waals surface area contributed by atoms with Crippen LogP contribution in [-0.2, 0) is 0 Å². The van der Waals surface area contributed by atoms with Crippen molar-refractivity contribution in [1.29, 1.82) is 0 Å². The number of para-hydroxylation sites is 1. The summed E-state index contributed by atoms with van der Waals surface area (Å²) in [5.41, 5.74) is 7.78. The molecule has 0 spiro atoms. The van der Waals surface area contributed by atoms with Gasteiger partial charge >= 0.3 is 0 Å². The van der Waals surface area contributed by atoms with Gasteiger partial charge in [-0.25, -0.2) is 10.4 Å². The first kappa shape index (κ1) is 17.6. The average Bonchev–Trinajstić information content (AvgIpc) is 2.74. The molecule has 0 aliphatic carbocycles. The number of hydrazone groups is 1. The van der Waals surface area contributed by atoms with E-state index in [9.17, 15) is 4.79 Å². The quantitative estimate of drug-likeness (QED) is 0.410. The Balaban J connectivity index is 1.69. The molecular weight excluding hydrogens is 346 g/mol. The molecule has 1 amide bonds. The van der Waals surface area contributed by atoms with E-state index in [1.54, 1.807) is 6.21 Å². The van der Waals surface area contributed by atoms with Crippen molar-refractivity contribution in [1.82, 2.24) is 10.4 Å². The van der Waals surface area contributed by atoms with Gasteiger partial charge in [0.2, 0.25) is 0 Å². The lowest BCUT2D eigenvalue weighted by atomic mass is 10.0. The molecule has 0 aliphatic heterocycles. The van der Waals surface area contributed by atoms with Crippen molar-refractivity contribution in [3.8, 4) is 11.3 Å². The average molecular weight is 365 g/mol. The molecule has 0 bridgehead atoms. The molecule has 0 aliphatic rings. The SMILES string of the molecule is Cc1ccc(-c2cc(C(=O)N/N=C\c3ccccc3)c3ccccc3n2)cc1.